The molecule has 0 spiro atoms. The Balaban J connectivity index is 2.08. The minimum absolute atomic E-state index is 0.203. The second-order valence-electron chi connectivity index (χ2n) is 3.87. The van der Waals surface area contributed by atoms with E-state index in [0.717, 1.165) is 12.5 Å². The fraction of sp³-hybridized carbons (Fsp3) is 1.00. The summed E-state index contributed by atoms with van der Waals surface area (Å²) < 4.78 is 0. The summed E-state index contributed by atoms with van der Waals surface area (Å²) in [6.07, 6.45) is 3.71. The molecule has 2 unspecified atom stereocenters. The molecule has 1 saturated carbocycles. The second kappa shape index (κ2) is 4.07. The van der Waals surface area contributed by atoms with Crippen LogP contribution in [0.4, 0.5) is 0 Å². The van der Waals surface area contributed by atoms with Gasteiger partial charge >= 0.3 is 0 Å². The van der Waals surface area contributed by atoms with Crippen LogP contribution in [0.5, 0.6) is 0 Å². The van der Waals surface area contributed by atoms with Crippen molar-refractivity contribution in [1.29, 1.82) is 0 Å². The minimum Gasteiger partial charge on any atom is -0.392 e. The molecule has 1 rings (SSSR count). The van der Waals surface area contributed by atoms with Gasteiger partial charge in [-0.15, -0.1) is 0 Å². The Morgan fingerprint density at radius 2 is 2.27 bits per heavy atom. The lowest BCUT2D eigenvalue weighted by Crippen LogP contribution is -2.32. The number of nitrogens with one attached hydrogen (secondary N) is 1. The van der Waals surface area contributed by atoms with E-state index in [-0.39, 0.29) is 6.10 Å². The smallest absolute Gasteiger partial charge is 0.0636 e. The average Bonchev–Trinajstić information content (AvgIpc) is 2.31. The summed E-state index contributed by atoms with van der Waals surface area (Å²) in [5, 5.41) is 12.4. The Morgan fingerprint density at radius 3 is 2.73 bits per heavy atom. The van der Waals surface area contributed by atoms with Crippen molar-refractivity contribution >= 4 is 0 Å². The largest absolute Gasteiger partial charge is 0.392 e. The van der Waals surface area contributed by atoms with E-state index < -0.39 is 0 Å². The molecule has 3 atom stereocenters. The maximum Gasteiger partial charge on any atom is 0.0636 e. The lowest BCUT2D eigenvalue weighted by Gasteiger charge is -2.13. The van der Waals surface area contributed by atoms with E-state index in [9.17, 15) is 0 Å². The molecule has 2 N–H and O–H groups in total. The van der Waals surface area contributed by atoms with E-state index in [0.29, 0.717) is 6.04 Å². The molecule has 0 saturated heterocycles. The molecule has 1 aliphatic rings. The minimum atomic E-state index is -0.203. The van der Waals surface area contributed by atoms with Crippen LogP contribution >= 0.6 is 0 Å². The first-order chi connectivity index (χ1) is 5.18. The van der Waals surface area contributed by atoms with Gasteiger partial charge in [-0.3, -0.25) is 0 Å². The first kappa shape index (κ1) is 9.01. The number of hydrogen-bond donors (Lipinski definition) is 2. The summed E-state index contributed by atoms with van der Waals surface area (Å²) in [5.74, 6) is 0.876. The number of aliphatic hydroxyl groups excluding tert-OH is 1. The molecule has 0 radical (unpaired) electrons. The quantitative estimate of drug-likeness (QED) is 0.644. The summed E-state index contributed by atoms with van der Waals surface area (Å²) in [4.78, 5) is 0. The summed E-state index contributed by atoms with van der Waals surface area (Å²) in [6.45, 7) is 4.87. The molecular weight excluding hydrogens is 138 g/mol. The average molecular weight is 157 g/mol. The van der Waals surface area contributed by atoms with Gasteiger partial charge in [0.05, 0.1) is 6.10 Å². The molecule has 2 heteroatoms. The molecule has 0 amide bonds. The van der Waals surface area contributed by atoms with Gasteiger partial charge in [-0.05, 0) is 32.1 Å². The van der Waals surface area contributed by atoms with Crippen molar-refractivity contribution in [2.75, 3.05) is 6.54 Å². The lowest BCUT2D eigenvalue weighted by molar-refractivity contribution is 0.186. The molecule has 0 aromatic heterocycles. The maximum atomic E-state index is 9.02. The van der Waals surface area contributed by atoms with E-state index >= 15 is 0 Å². The van der Waals surface area contributed by atoms with E-state index in [1.807, 2.05) is 6.92 Å². The number of rotatable bonds is 3. The van der Waals surface area contributed by atoms with E-state index in [1.165, 1.54) is 19.3 Å². The molecule has 1 fully saturated rings. The first-order valence-corrected chi connectivity index (χ1v) is 4.60. The van der Waals surface area contributed by atoms with E-state index in [2.05, 4.69) is 12.2 Å². The molecule has 2 nitrogen and oxygen atoms in total. The van der Waals surface area contributed by atoms with Crippen LogP contribution in [0.2, 0.25) is 0 Å². The van der Waals surface area contributed by atoms with Crippen LogP contribution in [0.1, 0.15) is 33.1 Å². The number of hydrogen-bond acceptors (Lipinski definition) is 2. The summed E-state index contributed by atoms with van der Waals surface area (Å²) in [7, 11) is 0. The van der Waals surface area contributed by atoms with Gasteiger partial charge in [-0.1, -0.05) is 6.92 Å². The first-order valence-electron chi connectivity index (χ1n) is 4.60. The van der Waals surface area contributed by atoms with Crippen LogP contribution in [-0.2, 0) is 0 Å². The van der Waals surface area contributed by atoms with Crippen molar-refractivity contribution in [3.05, 3.63) is 0 Å². The Bertz CT molecular complexity index is 114. The van der Waals surface area contributed by atoms with Crippen LogP contribution in [0.3, 0.4) is 0 Å². The van der Waals surface area contributed by atoms with Crippen molar-refractivity contribution in [3.8, 4) is 0 Å². The van der Waals surface area contributed by atoms with Crippen LogP contribution in [0.15, 0.2) is 0 Å². The Kier molecular flexibility index (Phi) is 3.34. The van der Waals surface area contributed by atoms with Gasteiger partial charge in [0.1, 0.15) is 0 Å². The fourth-order valence-corrected chi connectivity index (χ4v) is 1.73. The summed E-state index contributed by atoms with van der Waals surface area (Å²) in [6, 6.07) is 0.666. The van der Waals surface area contributed by atoms with Crippen LogP contribution in [0, 0.1) is 5.92 Å². The van der Waals surface area contributed by atoms with Crippen LogP contribution in [0.25, 0.3) is 0 Å². The zero-order valence-electron chi connectivity index (χ0n) is 7.51. The van der Waals surface area contributed by atoms with Gasteiger partial charge < -0.3 is 10.4 Å². The highest BCUT2D eigenvalue weighted by atomic mass is 16.3. The predicted octanol–water partition coefficient (Wildman–Crippen LogP) is 1.15. The molecule has 0 bridgehead atoms. The normalized spacial score (nSPS) is 34.1. The van der Waals surface area contributed by atoms with Gasteiger partial charge in [0.2, 0.25) is 0 Å². The van der Waals surface area contributed by atoms with Crippen molar-refractivity contribution in [3.63, 3.8) is 0 Å². The van der Waals surface area contributed by atoms with E-state index in [4.69, 9.17) is 5.11 Å². The van der Waals surface area contributed by atoms with Crippen molar-refractivity contribution in [2.24, 2.45) is 5.92 Å². The zero-order valence-corrected chi connectivity index (χ0v) is 7.51. The lowest BCUT2D eigenvalue weighted by atomic mass is 10.1. The Morgan fingerprint density at radius 1 is 1.55 bits per heavy atom. The Hall–Kier alpha value is -0.0800. The highest BCUT2D eigenvalue weighted by Crippen LogP contribution is 2.24. The van der Waals surface area contributed by atoms with Gasteiger partial charge in [0, 0.05) is 12.6 Å². The molecule has 0 aliphatic heterocycles. The molecule has 11 heavy (non-hydrogen) atoms. The summed E-state index contributed by atoms with van der Waals surface area (Å²) in [5.41, 5.74) is 0. The van der Waals surface area contributed by atoms with Crippen molar-refractivity contribution in [2.45, 2.75) is 45.3 Å². The second-order valence-corrected chi connectivity index (χ2v) is 3.87. The standard InChI is InChI=1S/C9H19NO/c1-7-3-4-9(5-7)10-6-8(2)11/h7-11H,3-6H2,1-2H3/t7?,8-,9?/m0/s1. The molecular formula is C9H19NO. The third-order valence-electron chi connectivity index (χ3n) is 2.40. The van der Waals surface area contributed by atoms with Crippen LogP contribution in [-0.4, -0.2) is 23.8 Å². The Labute approximate surface area is 69.0 Å². The summed E-state index contributed by atoms with van der Waals surface area (Å²) >= 11 is 0. The third kappa shape index (κ3) is 3.21. The van der Waals surface area contributed by atoms with Gasteiger partial charge in [0.25, 0.3) is 0 Å². The molecule has 1 aliphatic carbocycles. The third-order valence-corrected chi connectivity index (χ3v) is 2.40. The van der Waals surface area contributed by atoms with Crippen LogP contribution < -0.4 is 5.32 Å². The fourth-order valence-electron chi connectivity index (χ4n) is 1.73. The molecule has 66 valence electrons. The molecule has 0 aromatic carbocycles. The highest BCUT2D eigenvalue weighted by Gasteiger charge is 2.20. The molecule has 0 heterocycles. The predicted molar refractivity (Wildman–Crippen MR) is 46.5 cm³/mol. The zero-order chi connectivity index (χ0) is 8.27. The van der Waals surface area contributed by atoms with Gasteiger partial charge in [-0.25, -0.2) is 0 Å². The highest BCUT2D eigenvalue weighted by molar-refractivity contribution is 4.78. The van der Waals surface area contributed by atoms with E-state index in [1.54, 1.807) is 0 Å². The maximum absolute atomic E-state index is 9.02. The topological polar surface area (TPSA) is 32.3 Å². The van der Waals surface area contributed by atoms with Crippen molar-refractivity contribution < 1.29 is 5.11 Å². The van der Waals surface area contributed by atoms with Crippen molar-refractivity contribution in [1.82, 2.24) is 5.32 Å². The molecule has 0 aromatic rings. The van der Waals surface area contributed by atoms with Gasteiger partial charge in [-0.2, -0.15) is 0 Å². The van der Waals surface area contributed by atoms with Gasteiger partial charge in [0.15, 0.2) is 0 Å². The monoisotopic (exact) mass is 157 g/mol. The number of aliphatic hydroxyl groups is 1. The SMILES string of the molecule is CC1CCC(NC[C@H](C)O)C1.